The Morgan fingerprint density at radius 1 is 1.42 bits per heavy atom. The predicted molar refractivity (Wildman–Crippen MR) is 72.0 cm³/mol. The van der Waals surface area contributed by atoms with E-state index < -0.39 is 5.82 Å². The fourth-order valence-corrected chi connectivity index (χ4v) is 2.09. The zero-order valence-corrected chi connectivity index (χ0v) is 11.5. The third-order valence-electron chi connectivity index (χ3n) is 2.92. The number of nitrogens with one attached hydrogen (secondary N) is 1. The van der Waals surface area contributed by atoms with E-state index in [0.717, 1.165) is 11.8 Å². The molecule has 1 aromatic heterocycles. The molecule has 0 aliphatic rings. The standard InChI is InChI=1S/C13H13ClFN3O/c1-7-12(8(2)18(3)17-7)13(19)16-11-5-4-9(15)6-10(11)14/h4-6H,1-3H3,(H,16,19). The molecule has 2 rings (SSSR count). The first-order valence-corrected chi connectivity index (χ1v) is 6.04. The van der Waals surface area contributed by atoms with E-state index in [1.54, 1.807) is 25.6 Å². The molecule has 1 aromatic carbocycles. The number of carbonyl (C=O) groups excluding carboxylic acids is 1. The van der Waals surface area contributed by atoms with Gasteiger partial charge in [0.1, 0.15) is 5.82 Å². The molecular formula is C13H13ClFN3O. The number of amides is 1. The maximum atomic E-state index is 12.9. The lowest BCUT2D eigenvalue weighted by Gasteiger charge is -2.07. The van der Waals surface area contributed by atoms with Crippen LogP contribution < -0.4 is 5.32 Å². The molecule has 1 N–H and O–H groups in total. The molecule has 0 aliphatic heterocycles. The molecule has 6 heteroatoms. The highest BCUT2D eigenvalue weighted by Crippen LogP contribution is 2.24. The lowest BCUT2D eigenvalue weighted by molar-refractivity contribution is 0.102. The summed E-state index contributed by atoms with van der Waals surface area (Å²) in [4.78, 5) is 12.2. The second-order valence-electron chi connectivity index (χ2n) is 4.25. The number of halogens is 2. The van der Waals surface area contributed by atoms with Crippen LogP contribution >= 0.6 is 11.6 Å². The van der Waals surface area contributed by atoms with Gasteiger partial charge in [0.15, 0.2) is 0 Å². The van der Waals surface area contributed by atoms with Crippen molar-refractivity contribution in [2.24, 2.45) is 7.05 Å². The van der Waals surface area contributed by atoms with Crippen molar-refractivity contribution < 1.29 is 9.18 Å². The minimum atomic E-state index is -0.447. The van der Waals surface area contributed by atoms with Crippen molar-refractivity contribution in [2.45, 2.75) is 13.8 Å². The summed E-state index contributed by atoms with van der Waals surface area (Å²) in [5.74, 6) is -0.756. The van der Waals surface area contributed by atoms with Crippen molar-refractivity contribution in [1.82, 2.24) is 9.78 Å². The van der Waals surface area contributed by atoms with Crippen LogP contribution in [0.5, 0.6) is 0 Å². The van der Waals surface area contributed by atoms with E-state index in [4.69, 9.17) is 11.6 Å². The molecular weight excluding hydrogens is 269 g/mol. The van der Waals surface area contributed by atoms with E-state index in [1.165, 1.54) is 12.1 Å². The van der Waals surface area contributed by atoms with Crippen molar-refractivity contribution in [2.75, 3.05) is 5.32 Å². The molecule has 4 nitrogen and oxygen atoms in total. The summed E-state index contributed by atoms with van der Waals surface area (Å²) in [7, 11) is 1.77. The van der Waals surface area contributed by atoms with Crippen LogP contribution in [-0.2, 0) is 7.05 Å². The highest BCUT2D eigenvalue weighted by Gasteiger charge is 2.18. The van der Waals surface area contributed by atoms with E-state index in [0.29, 0.717) is 16.9 Å². The summed E-state index contributed by atoms with van der Waals surface area (Å²) < 4.78 is 14.6. The molecule has 0 saturated heterocycles. The van der Waals surface area contributed by atoms with Gasteiger partial charge in [-0.2, -0.15) is 5.10 Å². The maximum absolute atomic E-state index is 12.9. The van der Waals surface area contributed by atoms with Gasteiger partial charge in [0.2, 0.25) is 0 Å². The van der Waals surface area contributed by atoms with Crippen LogP contribution in [0.2, 0.25) is 5.02 Å². The van der Waals surface area contributed by atoms with Gasteiger partial charge in [-0.15, -0.1) is 0 Å². The van der Waals surface area contributed by atoms with Crippen LogP contribution in [0.1, 0.15) is 21.7 Å². The van der Waals surface area contributed by atoms with Crippen molar-refractivity contribution in [3.8, 4) is 0 Å². The normalized spacial score (nSPS) is 10.6. The molecule has 2 aromatic rings. The van der Waals surface area contributed by atoms with Crippen LogP contribution in [0.15, 0.2) is 18.2 Å². The Kier molecular flexibility index (Phi) is 3.57. The van der Waals surface area contributed by atoms with Gasteiger partial charge in [-0.25, -0.2) is 4.39 Å². The van der Waals surface area contributed by atoms with Crippen molar-refractivity contribution in [3.63, 3.8) is 0 Å². The second-order valence-corrected chi connectivity index (χ2v) is 4.65. The molecule has 1 amide bonds. The molecule has 0 radical (unpaired) electrons. The first kappa shape index (κ1) is 13.5. The van der Waals surface area contributed by atoms with Gasteiger partial charge in [0.05, 0.1) is 22.0 Å². The first-order chi connectivity index (χ1) is 8.90. The van der Waals surface area contributed by atoms with Crippen LogP contribution in [0.3, 0.4) is 0 Å². The van der Waals surface area contributed by atoms with Crippen molar-refractivity contribution >= 4 is 23.2 Å². The number of benzene rings is 1. The molecule has 0 aliphatic carbocycles. The molecule has 0 saturated carbocycles. The zero-order valence-electron chi connectivity index (χ0n) is 10.8. The number of nitrogens with zero attached hydrogens (tertiary/aromatic N) is 2. The third-order valence-corrected chi connectivity index (χ3v) is 3.23. The summed E-state index contributed by atoms with van der Waals surface area (Å²) >= 11 is 5.87. The SMILES string of the molecule is Cc1nn(C)c(C)c1C(=O)Nc1ccc(F)cc1Cl. The second kappa shape index (κ2) is 5.01. The minimum Gasteiger partial charge on any atom is -0.321 e. The van der Waals surface area contributed by atoms with Gasteiger partial charge in [-0.05, 0) is 32.0 Å². The van der Waals surface area contributed by atoms with E-state index in [-0.39, 0.29) is 10.9 Å². The Labute approximate surface area is 115 Å². The van der Waals surface area contributed by atoms with Gasteiger partial charge in [-0.3, -0.25) is 9.48 Å². The Morgan fingerprint density at radius 2 is 2.11 bits per heavy atom. The number of aryl methyl sites for hydroxylation is 2. The number of hydrogen-bond donors (Lipinski definition) is 1. The zero-order chi connectivity index (χ0) is 14.2. The maximum Gasteiger partial charge on any atom is 0.259 e. The highest BCUT2D eigenvalue weighted by atomic mass is 35.5. The van der Waals surface area contributed by atoms with Crippen molar-refractivity contribution in [3.05, 3.63) is 46.0 Å². The number of hydrogen-bond acceptors (Lipinski definition) is 2. The monoisotopic (exact) mass is 281 g/mol. The number of aromatic nitrogens is 2. The van der Waals surface area contributed by atoms with E-state index >= 15 is 0 Å². The Balaban J connectivity index is 2.31. The smallest absolute Gasteiger partial charge is 0.259 e. The minimum absolute atomic E-state index is 0.160. The molecule has 0 unspecified atom stereocenters. The van der Waals surface area contributed by atoms with Gasteiger partial charge in [-0.1, -0.05) is 11.6 Å². The quantitative estimate of drug-likeness (QED) is 0.919. The van der Waals surface area contributed by atoms with E-state index in [9.17, 15) is 9.18 Å². The largest absolute Gasteiger partial charge is 0.321 e. The number of carbonyl (C=O) groups is 1. The molecule has 100 valence electrons. The van der Waals surface area contributed by atoms with Gasteiger partial charge >= 0.3 is 0 Å². The average molecular weight is 282 g/mol. The third kappa shape index (κ3) is 2.61. The Morgan fingerprint density at radius 3 is 2.63 bits per heavy atom. The van der Waals surface area contributed by atoms with Gasteiger partial charge < -0.3 is 5.32 Å². The molecule has 0 fully saturated rings. The van der Waals surface area contributed by atoms with Crippen LogP contribution in [0.25, 0.3) is 0 Å². The summed E-state index contributed by atoms with van der Waals surface area (Å²) in [5.41, 5.74) is 2.27. The molecule has 1 heterocycles. The summed E-state index contributed by atoms with van der Waals surface area (Å²) in [5, 5.41) is 6.99. The van der Waals surface area contributed by atoms with Crippen LogP contribution in [0, 0.1) is 19.7 Å². The molecule has 0 spiro atoms. The molecule has 0 atom stereocenters. The summed E-state index contributed by atoms with van der Waals surface area (Å²) in [6.45, 7) is 3.56. The lowest BCUT2D eigenvalue weighted by Crippen LogP contribution is -2.14. The van der Waals surface area contributed by atoms with Gasteiger partial charge in [0, 0.05) is 12.7 Å². The fraction of sp³-hybridized carbons (Fsp3) is 0.231. The Hall–Kier alpha value is -1.88. The van der Waals surface area contributed by atoms with Crippen LogP contribution in [0.4, 0.5) is 10.1 Å². The van der Waals surface area contributed by atoms with Crippen molar-refractivity contribution in [1.29, 1.82) is 0 Å². The number of rotatable bonds is 2. The Bertz CT molecular complexity index is 652. The predicted octanol–water partition coefficient (Wildman–Crippen LogP) is 3.08. The topological polar surface area (TPSA) is 46.9 Å². The van der Waals surface area contributed by atoms with Crippen LogP contribution in [-0.4, -0.2) is 15.7 Å². The van der Waals surface area contributed by atoms with E-state index in [2.05, 4.69) is 10.4 Å². The lowest BCUT2D eigenvalue weighted by atomic mass is 10.2. The van der Waals surface area contributed by atoms with Gasteiger partial charge in [0.25, 0.3) is 5.91 Å². The average Bonchev–Trinajstić information content (AvgIpc) is 2.57. The fourth-order valence-electron chi connectivity index (χ4n) is 1.88. The first-order valence-electron chi connectivity index (χ1n) is 5.66. The molecule has 0 bridgehead atoms. The van der Waals surface area contributed by atoms with E-state index in [1.807, 2.05) is 0 Å². The highest BCUT2D eigenvalue weighted by molar-refractivity contribution is 6.33. The summed E-state index contributed by atoms with van der Waals surface area (Å²) in [6, 6.07) is 3.82. The summed E-state index contributed by atoms with van der Waals surface area (Å²) in [6.07, 6.45) is 0. The molecule has 19 heavy (non-hydrogen) atoms. The number of anilines is 1.